The van der Waals surface area contributed by atoms with Gasteiger partial charge < -0.3 is 15.2 Å². The molecule has 4 heteroatoms. The summed E-state index contributed by atoms with van der Waals surface area (Å²) in [7, 11) is 0. The molecule has 3 atom stereocenters. The number of hydrogen-bond donors (Lipinski definition) is 1. The Morgan fingerprint density at radius 3 is 2.85 bits per heavy atom. The zero-order valence-corrected chi connectivity index (χ0v) is 12.8. The van der Waals surface area contributed by atoms with Gasteiger partial charge in [0.2, 0.25) is 0 Å². The number of ether oxygens (including phenoxy) is 2. The van der Waals surface area contributed by atoms with Gasteiger partial charge in [0.05, 0.1) is 12.2 Å². The molecule has 0 aliphatic carbocycles. The smallest absolute Gasteiger partial charge is 0.119 e. The van der Waals surface area contributed by atoms with Gasteiger partial charge in [0, 0.05) is 24.6 Å². The highest BCUT2D eigenvalue weighted by molar-refractivity contribution is 7.99. The standard InChI is InChI=1S/C16H23NO2S/c1-12(17)13-2-4-14(5-3-13)19-15-6-8-18-16(10-15)7-9-20-11-16/h2-5,12,15H,6-11,17H2,1H3/t12-,15?,16?/m1/s1. The minimum Gasteiger partial charge on any atom is -0.490 e. The van der Waals surface area contributed by atoms with E-state index in [2.05, 4.69) is 12.1 Å². The number of thioether (sulfide) groups is 1. The van der Waals surface area contributed by atoms with Crippen LogP contribution in [0.15, 0.2) is 24.3 Å². The lowest BCUT2D eigenvalue weighted by atomic mass is 9.91. The summed E-state index contributed by atoms with van der Waals surface area (Å²) >= 11 is 2.00. The van der Waals surface area contributed by atoms with E-state index in [1.807, 2.05) is 30.8 Å². The van der Waals surface area contributed by atoms with Crippen molar-refractivity contribution < 1.29 is 9.47 Å². The first-order chi connectivity index (χ1) is 9.67. The van der Waals surface area contributed by atoms with Crippen molar-refractivity contribution >= 4 is 11.8 Å². The molecular formula is C16H23NO2S. The summed E-state index contributed by atoms with van der Waals surface area (Å²) in [5.41, 5.74) is 7.10. The maximum atomic E-state index is 6.15. The highest BCUT2D eigenvalue weighted by Crippen LogP contribution is 2.39. The Morgan fingerprint density at radius 2 is 2.20 bits per heavy atom. The van der Waals surface area contributed by atoms with Crippen molar-refractivity contribution in [3.63, 3.8) is 0 Å². The van der Waals surface area contributed by atoms with Gasteiger partial charge in [-0.15, -0.1) is 0 Å². The van der Waals surface area contributed by atoms with Crippen LogP contribution < -0.4 is 10.5 Å². The number of rotatable bonds is 3. The van der Waals surface area contributed by atoms with E-state index in [-0.39, 0.29) is 17.7 Å². The highest BCUT2D eigenvalue weighted by Gasteiger charge is 2.41. The maximum Gasteiger partial charge on any atom is 0.119 e. The summed E-state index contributed by atoms with van der Waals surface area (Å²) in [6, 6.07) is 8.25. The van der Waals surface area contributed by atoms with Gasteiger partial charge in [-0.3, -0.25) is 0 Å². The molecule has 20 heavy (non-hydrogen) atoms. The van der Waals surface area contributed by atoms with Crippen molar-refractivity contribution in [3.05, 3.63) is 29.8 Å². The lowest BCUT2D eigenvalue weighted by Crippen LogP contribution is -2.43. The third-order valence-electron chi connectivity index (χ3n) is 4.22. The Bertz CT molecular complexity index is 440. The molecule has 2 saturated heterocycles. The van der Waals surface area contributed by atoms with Gasteiger partial charge in [-0.2, -0.15) is 11.8 Å². The van der Waals surface area contributed by atoms with E-state index in [1.54, 1.807) is 0 Å². The van der Waals surface area contributed by atoms with E-state index in [0.29, 0.717) is 0 Å². The van der Waals surface area contributed by atoms with Gasteiger partial charge in [0.25, 0.3) is 0 Å². The van der Waals surface area contributed by atoms with Gasteiger partial charge in [0.1, 0.15) is 11.9 Å². The maximum absolute atomic E-state index is 6.15. The largest absolute Gasteiger partial charge is 0.490 e. The summed E-state index contributed by atoms with van der Waals surface area (Å²) in [5.74, 6) is 3.29. The topological polar surface area (TPSA) is 44.5 Å². The molecular weight excluding hydrogens is 270 g/mol. The summed E-state index contributed by atoms with van der Waals surface area (Å²) in [6.45, 7) is 2.82. The fourth-order valence-electron chi connectivity index (χ4n) is 2.99. The van der Waals surface area contributed by atoms with E-state index in [0.717, 1.165) is 36.5 Å². The van der Waals surface area contributed by atoms with Gasteiger partial charge in [0.15, 0.2) is 0 Å². The first kappa shape index (κ1) is 14.2. The van der Waals surface area contributed by atoms with Crippen LogP contribution in [-0.4, -0.2) is 29.8 Å². The summed E-state index contributed by atoms with van der Waals surface area (Å²) < 4.78 is 12.2. The van der Waals surface area contributed by atoms with E-state index >= 15 is 0 Å². The van der Waals surface area contributed by atoms with Crippen LogP contribution in [0, 0.1) is 0 Å². The molecule has 0 radical (unpaired) electrons. The summed E-state index contributed by atoms with van der Waals surface area (Å²) in [4.78, 5) is 0. The van der Waals surface area contributed by atoms with Gasteiger partial charge >= 0.3 is 0 Å². The van der Waals surface area contributed by atoms with E-state index < -0.39 is 0 Å². The first-order valence-electron chi connectivity index (χ1n) is 7.41. The average Bonchev–Trinajstić information content (AvgIpc) is 2.87. The molecule has 0 saturated carbocycles. The molecule has 2 heterocycles. The van der Waals surface area contributed by atoms with Crippen LogP contribution in [0.3, 0.4) is 0 Å². The molecule has 3 nitrogen and oxygen atoms in total. The minimum atomic E-state index is 0.0749. The average molecular weight is 293 g/mol. The van der Waals surface area contributed by atoms with Crippen LogP contribution in [-0.2, 0) is 4.74 Å². The Morgan fingerprint density at radius 1 is 1.40 bits per heavy atom. The van der Waals surface area contributed by atoms with Crippen LogP contribution in [0.25, 0.3) is 0 Å². The van der Waals surface area contributed by atoms with Crippen LogP contribution in [0.4, 0.5) is 0 Å². The van der Waals surface area contributed by atoms with Gasteiger partial charge in [-0.05, 0) is 36.8 Å². The SMILES string of the molecule is C[C@@H](N)c1ccc(OC2CCOC3(CCSC3)C2)cc1. The lowest BCUT2D eigenvalue weighted by molar-refractivity contribution is -0.0958. The number of hydrogen-bond acceptors (Lipinski definition) is 4. The monoisotopic (exact) mass is 293 g/mol. The molecule has 1 aromatic carbocycles. The number of benzene rings is 1. The van der Waals surface area contributed by atoms with Crippen molar-refractivity contribution in [2.24, 2.45) is 5.73 Å². The third kappa shape index (κ3) is 3.13. The molecule has 0 amide bonds. The van der Waals surface area contributed by atoms with E-state index in [1.165, 1.54) is 12.2 Å². The summed E-state index contributed by atoms with van der Waals surface area (Å²) in [6.07, 6.45) is 3.46. The second kappa shape index (κ2) is 5.96. The van der Waals surface area contributed by atoms with Crippen LogP contribution in [0.1, 0.15) is 37.8 Å². The van der Waals surface area contributed by atoms with Gasteiger partial charge in [-0.1, -0.05) is 12.1 Å². The predicted molar refractivity (Wildman–Crippen MR) is 83.3 cm³/mol. The summed E-state index contributed by atoms with van der Waals surface area (Å²) in [5, 5.41) is 0. The van der Waals surface area contributed by atoms with E-state index in [9.17, 15) is 0 Å². The fraction of sp³-hybridized carbons (Fsp3) is 0.625. The molecule has 0 aromatic heterocycles. The Balaban J connectivity index is 1.62. The molecule has 2 N–H and O–H groups in total. The predicted octanol–water partition coefficient (Wildman–Crippen LogP) is 3.14. The molecule has 1 spiro atoms. The van der Waals surface area contributed by atoms with Crippen LogP contribution >= 0.6 is 11.8 Å². The lowest BCUT2D eigenvalue weighted by Gasteiger charge is -2.37. The molecule has 110 valence electrons. The van der Waals surface area contributed by atoms with Crippen molar-refractivity contribution in [1.82, 2.24) is 0 Å². The Hall–Kier alpha value is -0.710. The van der Waals surface area contributed by atoms with Crippen molar-refractivity contribution in [1.29, 1.82) is 0 Å². The molecule has 2 unspecified atom stereocenters. The molecule has 2 aliphatic rings. The fourth-order valence-corrected chi connectivity index (χ4v) is 4.37. The first-order valence-corrected chi connectivity index (χ1v) is 8.56. The van der Waals surface area contributed by atoms with E-state index in [4.69, 9.17) is 15.2 Å². The Kier molecular flexibility index (Phi) is 4.24. The highest BCUT2D eigenvalue weighted by atomic mass is 32.2. The van der Waals surface area contributed by atoms with Gasteiger partial charge in [-0.25, -0.2) is 0 Å². The normalized spacial score (nSPS) is 31.4. The third-order valence-corrected chi connectivity index (χ3v) is 5.45. The zero-order chi connectivity index (χ0) is 14.0. The second-order valence-electron chi connectivity index (χ2n) is 5.92. The Labute approximate surface area is 125 Å². The van der Waals surface area contributed by atoms with Crippen LogP contribution in [0.5, 0.6) is 5.75 Å². The number of nitrogens with two attached hydrogens (primary N) is 1. The van der Waals surface area contributed by atoms with Crippen LogP contribution in [0.2, 0.25) is 0 Å². The molecule has 0 bridgehead atoms. The minimum absolute atomic E-state index is 0.0749. The molecule has 2 aliphatic heterocycles. The quantitative estimate of drug-likeness (QED) is 0.930. The second-order valence-corrected chi connectivity index (χ2v) is 7.03. The van der Waals surface area contributed by atoms with Crippen molar-refractivity contribution in [3.8, 4) is 5.75 Å². The zero-order valence-electron chi connectivity index (χ0n) is 12.0. The molecule has 3 rings (SSSR count). The molecule has 2 fully saturated rings. The van der Waals surface area contributed by atoms with Crippen molar-refractivity contribution in [2.75, 3.05) is 18.1 Å². The van der Waals surface area contributed by atoms with Crippen molar-refractivity contribution in [2.45, 2.75) is 43.9 Å². The molecule has 1 aromatic rings.